The van der Waals surface area contributed by atoms with E-state index in [1.54, 1.807) is 23.9 Å². The first-order chi connectivity index (χ1) is 9.58. The molecule has 2 aromatic carbocycles. The Morgan fingerprint density at radius 3 is 2.70 bits per heavy atom. The van der Waals surface area contributed by atoms with Gasteiger partial charge in [0.05, 0.1) is 5.69 Å². The van der Waals surface area contributed by atoms with Gasteiger partial charge in [-0.1, -0.05) is 22.0 Å². The first kappa shape index (κ1) is 15.3. The standard InChI is InChI=1S/C14H12BrFN2S2/c1-20-11-4-2-3-10(8-11)17-14(19)18-13-6-5-9(15)7-12(13)16/h2-8H,1H3,(H2,17,18,19). The SMILES string of the molecule is CSc1cccc(NC(=S)Nc2ccc(Br)cc2F)c1. The van der Waals surface area contributed by atoms with Crippen LogP contribution in [0, 0.1) is 5.82 Å². The fraction of sp³-hybridized carbons (Fsp3) is 0.0714. The van der Waals surface area contributed by atoms with E-state index in [0.717, 1.165) is 10.6 Å². The predicted octanol–water partition coefficient (Wildman–Crippen LogP) is 5.12. The molecule has 0 aliphatic rings. The minimum atomic E-state index is -0.360. The van der Waals surface area contributed by atoms with Crippen LogP contribution in [-0.4, -0.2) is 11.4 Å². The van der Waals surface area contributed by atoms with Gasteiger partial charge in [0.25, 0.3) is 0 Å². The first-order valence-corrected chi connectivity index (χ1v) is 8.18. The average molecular weight is 371 g/mol. The molecule has 2 nitrogen and oxygen atoms in total. The van der Waals surface area contributed by atoms with E-state index < -0.39 is 0 Å². The van der Waals surface area contributed by atoms with E-state index in [9.17, 15) is 4.39 Å². The summed E-state index contributed by atoms with van der Waals surface area (Å²) in [5, 5.41) is 6.23. The normalized spacial score (nSPS) is 10.2. The number of thiocarbonyl (C=S) groups is 1. The molecule has 0 bridgehead atoms. The Morgan fingerprint density at radius 1 is 1.20 bits per heavy atom. The molecule has 104 valence electrons. The molecule has 0 amide bonds. The van der Waals surface area contributed by atoms with Crippen molar-refractivity contribution < 1.29 is 4.39 Å². The highest BCUT2D eigenvalue weighted by molar-refractivity contribution is 9.10. The summed E-state index contributed by atoms with van der Waals surface area (Å²) in [6, 6.07) is 12.6. The second-order valence-corrected chi connectivity index (χ2v) is 6.14. The van der Waals surface area contributed by atoms with E-state index >= 15 is 0 Å². The lowest BCUT2D eigenvalue weighted by molar-refractivity contribution is 0.631. The van der Waals surface area contributed by atoms with Crippen LogP contribution in [-0.2, 0) is 0 Å². The molecule has 0 radical (unpaired) electrons. The number of thioether (sulfide) groups is 1. The Kier molecular flexibility index (Phi) is 5.39. The number of hydrogen-bond donors (Lipinski definition) is 2. The van der Waals surface area contributed by atoms with E-state index in [4.69, 9.17) is 12.2 Å². The fourth-order valence-electron chi connectivity index (χ4n) is 1.58. The lowest BCUT2D eigenvalue weighted by atomic mass is 10.3. The second kappa shape index (κ2) is 7.06. The maximum absolute atomic E-state index is 13.7. The quantitative estimate of drug-likeness (QED) is 0.578. The van der Waals surface area contributed by atoms with Gasteiger partial charge in [0.15, 0.2) is 5.11 Å². The number of anilines is 2. The number of rotatable bonds is 3. The maximum Gasteiger partial charge on any atom is 0.175 e. The zero-order valence-corrected chi connectivity index (χ0v) is 13.8. The van der Waals surface area contributed by atoms with Crippen LogP contribution in [0.4, 0.5) is 15.8 Å². The van der Waals surface area contributed by atoms with Crippen molar-refractivity contribution in [1.82, 2.24) is 0 Å². The first-order valence-electron chi connectivity index (χ1n) is 5.75. The van der Waals surface area contributed by atoms with Crippen LogP contribution in [0.5, 0.6) is 0 Å². The summed E-state index contributed by atoms with van der Waals surface area (Å²) in [5.74, 6) is -0.360. The molecule has 2 rings (SSSR count). The van der Waals surface area contributed by atoms with Crippen molar-refractivity contribution in [3.8, 4) is 0 Å². The van der Waals surface area contributed by atoms with Crippen LogP contribution in [0.2, 0.25) is 0 Å². The van der Waals surface area contributed by atoms with Gasteiger partial charge in [0.2, 0.25) is 0 Å². The third kappa shape index (κ3) is 4.19. The Hall–Kier alpha value is -1.11. The van der Waals surface area contributed by atoms with Crippen LogP contribution in [0.3, 0.4) is 0 Å². The van der Waals surface area contributed by atoms with Gasteiger partial charge in [-0.2, -0.15) is 0 Å². The molecule has 0 aromatic heterocycles. The van der Waals surface area contributed by atoms with Gasteiger partial charge < -0.3 is 10.6 Å². The largest absolute Gasteiger partial charge is 0.332 e. The van der Waals surface area contributed by atoms with Gasteiger partial charge in [-0.05, 0) is 54.9 Å². The van der Waals surface area contributed by atoms with Gasteiger partial charge in [0.1, 0.15) is 5.82 Å². The van der Waals surface area contributed by atoms with Crippen molar-refractivity contribution >= 4 is 56.4 Å². The highest BCUT2D eigenvalue weighted by Gasteiger charge is 2.05. The van der Waals surface area contributed by atoms with Gasteiger partial charge in [-0.15, -0.1) is 11.8 Å². The molecule has 0 saturated carbocycles. The number of hydrogen-bond acceptors (Lipinski definition) is 2. The smallest absolute Gasteiger partial charge is 0.175 e. The summed E-state index contributed by atoms with van der Waals surface area (Å²) in [6.07, 6.45) is 2.01. The van der Waals surface area contributed by atoms with Crippen LogP contribution >= 0.6 is 39.9 Å². The Labute approximate surface area is 135 Å². The molecule has 0 aliphatic heterocycles. The molecule has 0 atom stereocenters. The van der Waals surface area contributed by atoms with Crippen molar-refractivity contribution in [2.75, 3.05) is 16.9 Å². The van der Waals surface area contributed by atoms with Crippen molar-refractivity contribution in [2.45, 2.75) is 4.90 Å². The van der Waals surface area contributed by atoms with Gasteiger partial charge in [-0.25, -0.2) is 4.39 Å². The lowest BCUT2D eigenvalue weighted by Crippen LogP contribution is -2.19. The highest BCUT2D eigenvalue weighted by Crippen LogP contribution is 2.21. The molecular weight excluding hydrogens is 359 g/mol. The third-order valence-corrected chi connectivity index (χ3v) is 3.93. The summed E-state index contributed by atoms with van der Waals surface area (Å²) in [6.45, 7) is 0. The monoisotopic (exact) mass is 370 g/mol. The number of nitrogens with one attached hydrogen (secondary N) is 2. The third-order valence-electron chi connectivity index (χ3n) is 2.51. The number of halogens is 2. The van der Waals surface area contributed by atoms with E-state index in [0.29, 0.717) is 15.3 Å². The zero-order valence-electron chi connectivity index (χ0n) is 10.6. The van der Waals surface area contributed by atoms with Crippen molar-refractivity contribution in [1.29, 1.82) is 0 Å². The molecule has 6 heteroatoms. The minimum absolute atomic E-state index is 0.340. The highest BCUT2D eigenvalue weighted by atomic mass is 79.9. The Morgan fingerprint density at radius 2 is 2.00 bits per heavy atom. The van der Waals surface area contributed by atoms with E-state index in [1.807, 2.05) is 30.5 Å². The van der Waals surface area contributed by atoms with Gasteiger partial charge in [-0.3, -0.25) is 0 Å². The summed E-state index contributed by atoms with van der Waals surface area (Å²) in [7, 11) is 0. The van der Waals surface area contributed by atoms with Gasteiger partial charge >= 0.3 is 0 Å². The molecule has 0 spiro atoms. The van der Waals surface area contributed by atoms with Crippen LogP contribution in [0.25, 0.3) is 0 Å². The maximum atomic E-state index is 13.7. The van der Waals surface area contributed by atoms with Crippen LogP contribution in [0.15, 0.2) is 51.8 Å². The van der Waals surface area contributed by atoms with Crippen LogP contribution in [0.1, 0.15) is 0 Å². The van der Waals surface area contributed by atoms with E-state index in [1.165, 1.54) is 6.07 Å². The van der Waals surface area contributed by atoms with Crippen molar-refractivity contribution in [3.05, 3.63) is 52.8 Å². The molecular formula is C14H12BrFN2S2. The van der Waals surface area contributed by atoms with Crippen LogP contribution < -0.4 is 10.6 Å². The lowest BCUT2D eigenvalue weighted by Gasteiger charge is -2.12. The molecule has 0 aliphatic carbocycles. The number of benzene rings is 2. The molecule has 2 N–H and O–H groups in total. The summed E-state index contributed by atoms with van der Waals surface area (Å²) >= 11 is 10.0. The second-order valence-electron chi connectivity index (χ2n) is 3.94. The summed E-state index contributed by atoms with van der Waals surface area (Å²) in [5.41, 5.74) is 1.21. The average Bonchev–Trinajstić information content (AvgIpc) is 2.42. The fourth-order valence-corrected chi connectivity index (χ4v) is 2.60. The molecule has 20 heavy (non-hydrogen) atoms. The van der Waals surface area contributed by atoms with Crippen molar-refractivity contribution in [3.63, 3.8) is 0 Å². The predicted molar refractivity (Wildman–Crippen MR) is 92.2 cm³/mol. The zero-order chi connectivity index (χ0) is 14.5. The minimum Gasteiger partial charge on any atom is -0.332 e. The summed E-state index contributed by atoms with van der Waals surface area (Å²) in [4.78, 5) is 1.13. The molecule has 0 saturated heterocycles. The van der Waals surface area contributed by atoms with Gasteiger partial charge in [0, 0.05) is 15.1 Å². The summed E-state index contributed by atoms with van der Waals surface area (Å²) < 4.78 is 14.4. The Bertz CT molecular complexity index is 634. The molecule has 0 unspecified atom stereocenters. The Balaban J connectivity index is 2.05. The molecule has 0 fully saturated rings. The van der Waals surface area contributed by atoms with E-state index in [2.05, 4.69) is 26.6 Å². The van der Waals surface area contributed by atoms with E-state index in [-0.39, 0.29) is 5.82 Å². The molecule has 0 heterocycles. The molecule has 2 aromatic rings. The topological polar surface area (TPSA) is 24.1 Å². The van der Waals surface area contributed by atoms with Crippen molar-refractivity contribution in [2.24, 2.45) is 0 Å².